The summed E-state index contributed by atoms with van der Waals surface area (Å²) in [6.45, 7) is -0.480. The minimum Gasteiger partial charge on any atom is -0.493 e. The number of rotatable bonds is 9. The monoisotopic (exact) mass is 439 g/mol. The highest BCUT2D eigenvalue weighted by molar-refractivity contribution is 7.89. The second kappa shape index (κ2) is 10.0. The van der Waals surface area contributed by atoms with E-state index in [1.807, 2.05) is 0 Å². The SMILES string of the molecule is COc1cc(/C=N\NC(=O)CN(C)S(=O)(=O)c2ccc(F)cc2)cc(OC)c1OC. The van der Waals surface area contributed by atoms with E-state index >= 15 is 0 Å². The zero-order chi connectivity index (χ0) is 22.3. The number of hydrogen-bond donors (Lipinski definition) is 1. The van der Waals surface area contributed by atoms with Gasteiger partial charge in [-0.1, -0.05) is 0 Å². The van der Waals surface area contributed by atoms with Crippen LogP contribution in [0.25, 0.3) is 0 Å². The Labute approximate surface area is 174 Å². The van der Waals surface area contributed by atoms with Crippen molar-refractivity contribution in [2.75, 3.05) is 34.9 Å². The molecule has 2 aromatic carbocycles. The van der Waals surface area contributed by atoms with Gasteiger partial charge in [0, 0.05) is 12.6 Å². The molecular weight excluding hydrogens is 417 g/mol. The van der Waals surface area contributed by atoms with E-state index in [1.54, 1.807) is 12.1 Å². The number of carbonyl (C=O) groups excluding carboxylic acids is 1. The van der Waals surface area contributed by atoms with Crippen molar-refractivity contribution in [1.29, 1.82) is 0 Å². The first kappa shape index (κ1) is 23.1. The summed E-state index contributed by atoms with van der Waals surface area (Å²) >= 11 is 0. The molecule has 0 aliphatic heterocycles. The topological polar surface area (TPSA) is 107 Å². The van der Waals surface area contributed by atoms with Crippen molar-refractivity contribution >= 4 is 22.1 Å². The van der Waals surface area contributed by atoms with Crippen LogP contribution < -0.4 is 19.6 Å². The molecule has 30 heavy (non-hydrogen) atoms. The lowest BCUT2D eigenvalue weighted by Crippen LogP contribution is -2.36. The number of nitrogens with zero attached hydrogens (tertiary/aromatic N) is 2. The first-order chi connectivity index (χ1) is 14.2. The van der Waals surface area contributed by atoms with Gasteiger partial charge in [0.05, 0.1) is 39.0 Å². The van der Waals surface area contributed by atoms with Gasteiger partial charge in [0.2, 0.25) is 15.8 Å². The summed E-state index contributed by atoms with van der Waals surface area (Å²) in [4.78, 5) is 11.9. The Balaban J connectivity index is 2.05. The lowest BCUT2D eigenvalue weighted by atomic mass is 10.2. The van der Waals surface area contributed by atoms with Crippen molar-refractivity contribution in [3.05, 3.63) is 47.8 Å². The quantitative estimate of drug-likeness (QED) is 0.470. The van der Waals surface area contributed by atoms with Crippen LogP contribution in [0.1, 0.15) is 5.56 Å². The van der Waals surface area contributed by atoms with Gasteiger partial charge in [-0.2, -0.15) is 9.41 Å². The Bertz CT molecular complexity index is 1000. The zero-order valence-corrected chi connectivity index (χ0v) is 17.7. The molecule has 0 atom stereocenters. The van der Waals surface area contributed by atoms with Gasteiger partial charge < -0.3 is 14.2 Å². The fraction of sp³-hybridized carbons (Fsp3) is 0.263. The molecule has 162 valence electrons. The third-order valence-corrected chi connectivity index (χ3v) is 5.80. The van der Waals surface area contributed by atoms with Crippen LogP contribution in [0.5, 0.6) is 17.2 Å². The lowest BCUT2D eigenvalue weighted by Gasteiger charge is -2.16. The fourth-order valence-electron chi connectivity index (χ4n) is 2.46. The maximum absolute atomic E-state index is 13.0. The van der Waals surface area contributed by atoms with Crippen molar-refractivity contribution in [2.24, 2.45) is 5.10 Å². The minimum absolute atomic E-state index is 0.125. The number of hydrazone groups is 1. The van der Waals surface area contributed by atoms with Crippen LogP contribution >= 0.6 is 0 Å². The Morgan fingerprint density at radius 1 is 1.10 bits per heavy atom. The highest BCUT2D eigenvalue weighted by Gasteiger charge is 2.22. The third kappa shape index (κ3) is 5.45. The molecule has 11 heteroatoms. The molecule has 0 saturated carbocycles. The van der Waals surface area contributed by atoms with Crippen molar-refractivity contribution < 1.29 is 31.8 Å². The van der Waals surface area contributed by atoms with Gasteiger partial charge in [-0.15, -0.1) is 0 Å². The number of sulfonamides is 1. The van der Waals surface area contributed by atoms with E-state index in [-0.39, 0.29) is 4.90 Å². The molecule has 0 aromatic heterocycles. The summed E-state index contributed by atoms with van der Waals surface area (Å²) in [5, 5.41) is 3.82. The maximum atomic E-state index is 13.0. The first-order valence-electron chi connectivity index (χ1n) is 8.56. The maximum Gasteiger partial charge on any atom is 0.255 e. The number of nitrogens with one attached hydrogen (secondary N) is 1. The number of likely N-dealkylation sites (N-methyl/N-ethyl adjacent to an activating group) is 1. The second-order valence-corrected chi connectivity index (χ2v) is 8.01. The second-order valence-electron chi connectivity index (χ2n) is 5.97. The first-order valence-corrected chi connectivity index (χ1v) is 10.0. The number of hydrogen-bond acceptors (Lipinski definition) is 7. The van der Waals surface area contributed by atoms with Crippen molar-refractivity contribution in [1.82, 2.24) is 9.73 Å². The number of halogens is 1. The van der Waals surface area contributed by atoms with E-state index in [4.69, 9.17) is 14.2 Å². The average Bonchev–Trinajstić information content (AvgIpc) is 2.73. The van der Waals surface area contributed by atoms with Crippen LogP contribution in [0, 0.1) is 5.82 Å². The Hall–Kier alpha value is -3.18. The van der Waals surface area contributed by atoms with E-state index in [0.29, 0.717) is 22.8 Å². The molecule has 0 bridgehead atoms. The van der Waals surface area contributed by atoms with Crippen LogP contribution in [0.15, 0.2) is 46.4 Å². The van der Waals surface area contributed by atoms with E-state index in [9.17, 15) is 17.6 Å². The van der Waals surface area contributed by atoms with E-state index < -0.39 is 28.3 Å². The standard InChI is InChI=1S/C19H22FN3O6S/c1-23(30(25,26)15-7-5-14(20)6-8-15)12-18(24)22-21-11-13-9-16(27-2)19(29-4)17(10-13)28-3/h5-11H,12H2,1-4H3,(H,22,24)/b21-11-. The van der Waals surface area contributed by atoms with Gasteiger partial charge in [-0.05, 0) is 36.4 Å². The molecule has 0 aliphatic rings. The molecule has 0 radical (unpaired) electrons. The highest BCUT2D eigenvalue weighted by atomic mass is 32.2. The van der Waals surface area contributed by atoms with Crippen LogP contribution in [0.4, 0.5) is 4.39 Å². The zero-order valence-electron chi connectivity index (χ0n) is 16.9. The van der Waals surface area contributed by atoms with Crippen LogP contribution in [-0.2, 0) is 14.8 Å². The molecule has 1 amide bonds. The molecule has 0 heterocycles. The van der Waals surface area contributed by atoms with Crippen molar-refractivity contribution in [2.45, 2.75) is 4.90 Å². The fourth-order valence-corrected chi connectivity index (χ4v) is 3.59. The van der Waals surface area contributed by atoms with Crippen molar-refractivity contribution in [3.63, 3.8) is 0 Å². The highest BCUT2D eigenvalue weighted by Crippen LogP contribution is 2.37. The molecule has 0 saturated heterocycles. The summed E-state index contributed by atoms with van der Waals surface area (Å²) < 4.78 is 54.4. The number of carbonyl (C=O) groups is 1. The molecule has 2 aromatic rings. The van der Waals surface area contributed by atoms with Crippen molar-refractivity contribution in [3.8, 4) is 17.2 Å². The summed E-state index contributed by atoms with van der Waals surface area (Å²) in [5.41, 5.74) is 2.80. The van der Waals surface area contributed by atoms with Gasteiger partial charge in [-0.3, -0.25) is 4.79 Å². The number of amides is 1. The molecular formula is C19H22FN3O6S. The lowest BCUT2D eigenvalue weighted by molar-refractivity contribution is -0.121. The number of benzene rings is 2. The molecule has 0 unspecified atom stereocenters. The molecule has 1 N–H and O–H groups in total. The van der Waals surface area contributed by atoms with E-state index in [1.165, 1.54) is 34.6 Å². The Morgan fingerprint density at radius 2 is 1.67 bits per heavy atom. The van der Waals surface area contributed by atoms with Crippen LogP contribution in [-0.4, -0.2) is 59.8 Å². The molecule has 0 aliphatic carbocycles. The molecule has 0 spiro atoms. The summed E-state index contributed by atoms with van der Waals surface area (Å²) in [6, 6.07) is 7.57. The largest absolute Gasteiger partial charge is 0.493 e. The smallest absolute Gasteiger partial charge is 0.255 e. The normalized spacial score (nSPS) is 11.5. The van der Waals surface area contributed by atoms with Gasteiger partial charge in [-0.25, -0.2) is 18.2 Å². The molecule has 2 rings (SSSR count). The van der Waals surface area contributed by atoms with E-state index in [2.05, 4.69) is 10.5 Å². The van der Waals surface area contributed by atoms with Gasteiger partial charge in [0.1, 0.15) is 5.82 Å². The van der Waals surface area contributed by atoms with Gasteiger partial charge >= 0.3 is 0 Å². The number of ether oxygens (including phenoxy) is 3. The average molecular weight is 439 g/mol. The van der Waals surface area contributed by atoms with Gasteiger partial charge in [0.15, 0.2) is 11.5 Å². The van der Waals surface area contributed by atoms with Gasteiger partial charge in [0.25, 0.3) is 5.91 Å². The summed E-state index contributed by atoms with van der Waals surface area (Å²) in [5.74, 6) is 0.0145. The molecule has 0 fully saturated rings. The Morgan fingerprint density at radius 3 is 2.17 bits per heavy atom. The predicted octanol–water partition coefficient (Wildman–Crippen LogP) is 1.62. The minimum atomic E-state index is -3.95. The Kier molecular flexibility index (Phi) is 7.72. The third-order valence-electron chi connectivity index (χ3n) is 3.98. The predicted molar refractivity (Wildman–Crippen MR) is 108 cm³/mol. The van der Waals surface area contributed by atoms with E-state index in [0.717, 1.165) is 28.6 Å². The number of methoxy groups -OCH3 is 3. The van der Waals surface area contributed by atoms with Crippen LogP contribution in [0.3, 0.4) is 0 Å². The van der Waals surface area contributed by atoms with Crippen LogP contribution in [0.2, 0.25) is 0 Å². The summed E-state index contributed by atoms with van der Waals surface area (Å²) in [7, 11) is 1.71. The molecule has 9 nitrogen and oxygen atoms in total. The summed E-state index contributed by atoms with van der Waals surface area (Å²) in [6.07, 6.45) is 1.34.